The maximum atomic E-state index is 5.35. The van der Waals surface area contributed by atoms with Crippen LogP contribution in [0.5, 0.6) is 5.75 Å². The monoisotopic (exact) mass is 292 g/mol. The number of benzene rings is 2. The Labute approximate surface area is 130 Å². The van der Waals surface area contributed by atoms with Crippen LogP contribution in [0.3, 0.4) is 0 Å². The topological polar surface area (TPSA) is 37.0 Å². The molecule has 0 saturated carbocycles. The summed E-state index contributed by atoms with van der Waals surface area (Å²) in [4.78, 5) is 3.37. The molecule has 3 aromatic rings. The Morgan fingerprint density at radius 3 is 3.00 bits per heavy atom. The van der Waals surface area contributed by atoms with Crippen LogP contribution in [0.25, 0.3) is 10.9 Å². The summed E-state index contributed by atoms with van der Waals surface area (Å²) in [6.07, 6.45) is 4.21. The van der Waals surface area contributed by atoms with E-state index in [1.54, 1.807) is 7.11 Å². The van der Waals surface area contributed by atoms with Crippen molar-refractivity contribution in [1.29, 1.82) is 0 Å². The van der Waals surface area contributed by atoms with Gasteiger partial charge >= 0.3 is 0 Å². The maximum Gasteiger partial charge on any atom is 0.119 e. The molecular formula is C19H20N2O. The minimum absolute atomic E-state index is 0.369. The summed E-state index contributed by atoms with van der Waals surface area (Å²) in [6.45, 7) is 1.02. The van der Waals surface area contributed by atoms with Crippen molar-refractivity contribution in [3.8, 4) is 5.75 Å². The lowest BCUT2D eigenvalue weighted by Crippen LogP contribution is -2.31. The van der Waals surface area contributed by atoms with Gasteiger partial charge in [0, 0.05) is 23.1 Å². The second kappa shape index (κ2) is 5.50. The van der Waals surface area contributed by atoms with Gasteiger partial charge in [0.25, 0.3) is 0 Å². The third kappa shape index (κ3) is 2.28. The van der Waals surface area contributed by atoms with Gasteiger partial charge in [0.2, 0.25) is 0 Å². The highest BCUT2D eigenvalue weighted by Gasteiger charge is 2.21. The number of rotatable bonds is 3. The van der Waals surface area contributed by atoms with E-state index in [4.69, 9.17) is 4.74 Å². The van der Waals surface area contributed by atoms with E-state index in [-0.39, 0.29) is 0 Å². The first kappa shape index (κ1) is 13.4. The fourth-order valence-corrected chi connectivity index (χ4v) is 3.46. The zero-order chi connectivity index (χ0) is 14.9. The predicted molar refractivity (Wildman–Crippen MR) is 89.4 cm³/mol. The maximum absolute atomic E-state index is 5.35. The molecular weight excluding hydrogens is 272 g/mol. The molecule has 0 amide bonds. The number of para-hydroxylation sites is 1. The summed E-state index contributed by atoms with van der Waals surface area (Å²) in [6, 6.07) is 15.3. The first-order valence-electron chi connectivity index (χ1n) is 7.80. The van der Waals surface area contributed by atoms with Crippen molar-refractivity contribution < 1.29 is 4.74 Å². The van der Waals surface area contributed by atoms with Crippen molar-refractivity contribution in [2.24, 2.45) is 0 Å². The lowest BCUT2D eigenvalue weighted by Gasteiger charge is -2.27. The summed E-state index contributed by atoms with van der Waals surface area (Å²) >= 11 is 0. The Bertz CT molecular complexity index is 806. The predicted octanol–water partition coefficient (Wildman–Crippen LogP) is 3.61. The van der Waals surface area contributed by atoms with E-state index in [9.17, 15) is 0 Å². The fraction of sp³-hybridized carbons (Fsp3) is 0.263. The van der Waals surface area contributed by atoms with Crippen molar-refractivity contribution in [3.63, 3.8) is 0 Å². The van der Waals surface area contributed by atoms with Crippen LogP contribution in [-0.4, -0.2) is 18.6 Å². The molecule has 112 valence electrons. The third-order valence-electron chi connectivity index (χ3n) is 4.61. The summed E-state index contributed by atoms with van der Waals surface area (Å²) < 4.78 is 5.35. The Hall–Kier alpha value is -2.26. The van der Waals surface area contributed by atoms with Crippen molar-refractivity contribution in [3.05, 3.63) is 65.4 Å². The second-order valence-corrected chi connectivity index (χ2v) is 5.89. The van der Waals surface area contributed by atoms with Crippen LogP contribution < -0.4 is 10.1 Å². The van der Waals surface area contributed by atoms with Crippen molar-refractivity contribution in [2.75, 3.05) is 13.7 Å². The molecule has 0 spiro atoms. The van der Waals surface area contributed by atoms with Crippen LogP contribution in [0.15, 0.2) is 48.7 Å². The van der Waals surface area contributed by atoms with Crippen LogP contribution in [0.4, 0.5) is 0 Å². The molecule has 3 heteroatoms. The van der Waals surface area contributed by atoms with Gasteiger partial charge in [-0.1, -0.05) is 24.3 Å². The molecule has 2 aromatic carbocycles. The Morgan fingerprint density at radius 1 is 1.18 bits per heavy atom. The van der Waals surface area contributed by atoms with E-state index in [2.05, 4.69) is 59.0 Å². The van der Waals surface area contributed by atoms with Crippen LogP contribution in [-0.2, 0) is 12.8 Å². The minimum atomic E-state index is 0.369. The lowest BCUT2D eigenvalue weighted by molar-refractivity contribution is 0.412. The van der Waals surface area contributed by atoms with Crippen molar-refractivity contribution in [1.82, 2.24) is 10.3 Å². The number of H-pyrrole nitrogens is 1. The zero-order valence-corrected chi connectivity index (χ0v) is 12.7. The Morgan fingerprint density at radius 2 is 2.09 bits per heavy atom. The van der Waals surface area contributed by atoms with E-state index < -0.39 is 0 Å². The van der Waals surface area contributed by atoms with E-state index in [1.165, 1.54) is 27.6 Å². The smallest absolute Gasteiger partial charge is 0.119 e. The molecule has 0 saturated heterocycles. The highest BCUT2D eigenvalue weighted by Crippen LogP contribution is 2.30. The number of ether oxygens (including phenoxy) is 1. The SMILES string of the molecule is COc1ccc2c(c1)CCN[C@H]2Cc1c[nH]c2ccccc12. The van der Waals surface area contributed by atoms with E-state index >= 15 is 0 Å². The van der Waals surface area contributed by atoms with Crippen LogP contribution >= 0.6 is 0 Å². The van der Waals surface area contributed by atoms with Gasteiger partial charge < -0.3 is 15.0 Å². The number of aromatic amines is 1. The lowest BCUT2D eigenvalue weighted by atomic mass is 9.90. The van der Waals surface area contributed by atoms with Crippen LogP contribution in [0, 0.1) is 0 Å². The van der Waals surface area contributed by atoms with E-state index in [0.717, 1.165) is 25.1 Å². The Kier molecular flexibility index (Phi) is 3.35. The zero-order valence-electron chi connectivity index (χ0n) is 12.7. The summed E-state index contributed by atoms with van der Waals surface area (Å²) in [5, 5.41) is 4.99. The van der Waals surface area contributed by atoms with E-state index in [1.807, 2.05) is 0 Å². The van der Waals surface area contributed by atoms with Gasteiger partial charge in [0.15, 0.2) is 0 Å². The molecule has 1 aromatic heterocycles. The molecule has 0 radical (unpaired) electrons. The van der Waals surface area contributed by atoms with E-state index in [0.29, 0.717) is 6.04 Å². The Balaban J connectivity index is 1.67. The largest absolute Gasteiger partial charge is 0.497 e. The average Bonchev–Trinajstić information content (AvgIpc) is 2.98. The van der Waals surface area contributed by atoms with Crippen molar-refractivity contribution >= 4 is 10.9 Å². The number of nitrogens with one attached hydrogen (secondary N) is 2. The highest BCUT2D eigenvalue weighted by molar-refractivity contribution is 5.83. The summed E-state index contributed by atoms with van der Waals surface area (Å²) in [7, 11) is 1.73. The number of fused-ring (bicyclic) bond motifs is 2. The molecule has 4 rings (SSSR count). The van der Waals surface area contributed by atoms with Gasteiger partial charge in [0.05, 0.1) is 7.11 Å². The number of methoxy groups -OCH3 is 1. The molecule has 0 bridgehead atoms. The average molecular weight is 292 g/mol. The number of aromatic nitrogens is 1. The minimum Gasteiger partial charge on any atom is -0.497 e. The summed E-state index contributed by atoms with van der Waals surface area (Å²) in [5.41, 5.74) is 5.39. The molecule has 0 aliphatic carbocycles. The van der Waals surface area contributed by atoms with Crippen LogP contribution in [0.1, 0.15) is 22.7 Å². The molecule has 2 heterocycles. The highest BCUT2D eigenvalue weighted by atomic mass is 16.5. The van der Waals surface area contributed by atoms with Crippen molar-refractivity contribution in [2.45, 2.75) is 18.9 Å². The second-order valence-electron chi connectivity index (χ2n) is 5.89. The van der Waals surface area contributed by atoms with Gasteiger partial charge in [-0.05, 0) is 54.3 Å². The fourth-order valence-electron chi connectivity index (χ4n) is 3.46. The first-order chi connectivity index (χ1) is 10.8. The van der Waals surface area contributed by atoms with Gasteiger partial charge in [-0.25, -0.2) is 0 Å². The van der Waals surface area contributed by atoms with Gasteiger partial charge in [0.1, 0.15) is 5.75 Å². The molecule has 0 unspecified atom stereocenters. The molecule has 1 aliphatic heterocycles. The molecule has 22 heavy (non-hydrogen) atoms. The quantitative estimate of drug-likeness (QED) is 0.774. The molecule has 1 aliphatic rings. The standard InChI is InChI=1S/C19H20N2O/c1-22-15-6-7-17-13(10-15)8-9-20-19(17)11-14-12-21-18-5-3-2-4-16(14)18/h2-7,10,12,19-21H,8-9,11H2,1H3/t19-/m0/s1. The number of hydrogen-bond acceptors (Lipinski definition) is 2. The normalized spacial score (nSPS) is 17.4. The number of hydrogen-bond donors (Lipinski definition) is 2. The molecule has 2 N–H and O–H groups in total. The molecule has 3 nitrogen and oxygen atoms in total. The van der Waals surface area contributed by atoms with Gasteiger partial charge in [-0.15, -0.1) is 0 Å². The van der Waals surface area contributed by atoms with Crippen LogP contribution in [0.2, 0.25) is 0 Å². The molecule has 0 fully saturated rings. The first-order valence-corrected chi connectivity index (χ1v) is 7.80. The third-order valence-corrected chi connectivity index (χ3v) is 4.61. The van der Waals surface area contributed by atoms with Gasteiger partial charge in [-0.3, -0.25) is 0 Å². The van der Waals surface area contributed by atoms with Gasteiger partial charge in [-0.2, -0.15) is 0 Å². The summed E-state index contributed by atoms with van der Waals surface area (Å²) in [5.74, 6) is 0.950. The molecule has 1 atom stereocenters.